The summed E-state index contributed by atoms with van der Waals surface area (Å²) in [7, 11) is -3.06. The Labute approximate surface area is 141 Å². The Morgan fingerprint density at radius 1 is 1.12 bits per heavy atom. The third-order valence-corrected chi connectivity index (χ3v) is 5.89. The molecular formula is C18H19NO4S. The van der Waals surface area contributed by atoms with Crippen molar-refractivity contribution in [3.63, 3.8) is 0 Å². The molecule has 6 heteroatoms. The highest BCUT2D eigenvalue weighted by atomic mass is 32.2. The number of amides is 1. The van der Waals surface area contributed by atoms with E-state index < -0.39 is 15.7 Å². The van der Waals surface area contributed by atoms with E-state index in [-0.39, 0.29) is 28.9 Å². The summed E-state index contributed by atoms with van der Waals surface area (Å²) in [4.78, 5) is 12.4. The van der Waals surface area contributed by atoms with Crippen molar-refractivity contribution in [3.05, 3.63) is 65.2 Å². The summed E-state index contributed by atoms with van der Waals surface area (Å²) in [5.74, 6) is -0.490. The van der Waals surface area contributed by atoms with Gasteiger partial charge in [0.1, 0.15) is 5.75 Å². The molecule has 0 spiro atoms. The van der Waals surface area contributed by atoms with Crippen LogP contribution in [-0.2, 0) is 16.3 Å². The Balaban J connectivity index is 1.75. The molecule has 2 aromatic rings. The average molecular weight is 345 g/mol. The monoisotopic (exact) mass is 345 g/mol. The maximum atomic E-state index is 12.4. The van der Waals surface area contributed by atoms with Gasteiger partial charge in [-0.25, -0.2) is 8.42 Å². The summed E-state index contributed by atoms with van der Waals surface area (Å²) in [6.45, 7) is 0. The molecule has 1 unspecified atom stereocenters. The summed E-state index contributed by atoms with van der Waals surface area (Å²) in [6, 6.07) is 14.4. The van der Waals surface area contributed by atoms with Gasteiger partial charge in [0.05, 0.1) is 17.1 Å². The molecule has 0 radical (unpaired) electrons. The quantitative estimate of drug-likeness (QED) is 0.886. The van der Waals surface area contributed by atoms with Gasteiger partial charge in [0.2, 0.25) is 0 Å². The van der Waals surface area contributed by atoms with E-state index in [0.717, 1.165) is 11.1 Å². The zero-order valence-electron chi connectivity index (χ0n) is 13.1. The highest BCUT2D eigenvalue weighted by Gasteiger charge is 2.29. The van der Waals surface area contributed by atoms with E-state index in [1.807, 2.05) is 30.3 Å². The molecule has 0 bridgehead atoms. The van der Waals surface area contributed by atoms with Crippen molar-refractivity contribution in [1.29, 1.82) is 0 Å². The topological polar surface area (TPSA) is 83.5 Å². The fourth-order valence-electron chi connectivity index (χ4n) is 2.88. The molecule has 1 atom stereocenters. The molecule has 1 aliphatic heterocycles. The molecule has 1 saturated heterocycles. The minimum atomic E-state index is -3.06. The molecule has 3 rings (SSSR count). The first kappa shape index (κ1) is 16.5. The minimum absolute atomic E-state index is 0.0385. The van der Waals surface area contributed by atoms with Crippen molar-refractivity contribution in [2.75, 3.05) is 11.5 Å². The third-order valence-electron chi connectivity index (χ3n) is 4.12. The van der Waals surface area contributed by atoms with Crippen LogP contribution in [0.25, 0.3) is 0 Å². The normalized spacial score (nSPS) is 19.1. The zero-order valence-corrected chi connectivity index (χ0v) is 13.9. The van der Waals surface area contributed by atoms with Gasteiger partial charge in [-0.05, 0) is 36.1 Å². The summed E-state index contributed by atoms with van der Waals surface area (Å²) >= 11 is 0. The number of hydrogen-bond donors (Lipinski definition) is 2. The first-order valence-electron chi connectivity index (χ1n) is 7.80. The molecule has 126 valence electrons. The van der Waals surface area contributed by atoms with Crippen LogP contribution in [0.15, 0.2) is 48.5 Å². The second-order valence-electron chi connectivity index (χ2n) is 6.09. The first-order chi connectivity index (χ1) is 11.4. The highest BCUT2D eigenvalue weighted by Crippen LogP contribution is 2.21. The molecule has 0 aromatic heterocycles. The number of carbonyl (C=O) groups is 1. The van der Waals surface area contributed by atoms with E-state index in [2.05, 4.69) is 5.32 Å². The highest BCUT2D eigenvalue weighted by molar-refractivity contribution is 7.91. The largest absolute Gasteiger partial charge is 0.507 e. The van der Waals surface area contributed by atoms with Gasteiger partial charge >= 0.3 is 0 Å². The van der Waals surface area contributed by atoms with Gasteiger partial charge in [0.25, 0.3) is 5.91 Å². The Kier molecular flexibility index (Phi) is 4.57. The summed E-state index contributed by atoms with van der Waals surface area (Å²) in [5.41, 5.74) is 2.19. The second-order valence-corrected chi connectivity index (χ2v) is 8.32. The minimum Gasteiger partial charge on any atom is -0.507 e. The van der Waals surface area contributed by atoms with Crippen LogP contribution < -0.4 is 5.32 Å². The molecule has 2 aromatic carbocycles. The Morgan fingerprint density at radius 2 is 1.88 bits per heavy atom. The number of hydrogen-bond acceptors (Lipinski definition) is 4. The van der Waals surface area contributed by atoms with Crippen LogP contribution >= 0.6 is 0 Å². The third kappa shape index (κ3) is 3.94. The first-order valence-corrected chi connectivity index (χ1v) is 9.62. The number of carbonyl (C=O) groups excluding carboxylic acids is 1. The maximum absolute atomic E-state index is 12.4. The van der Waals surface area contributed by atoms with E-state index in [9.17, 15) is 18.3 Å². The van der Waals surface area contributed by atoms with Crippen molar-refractivity contribution in [1.82, 2.24) is 5.32 Å². The van der Waals surface area contributed by atoms with Crippen molar-refractivity contribution >= 4 is 15.7 Å². The lowest BCUT2D eigenvalue weighted by Crippen LogP contribution is -2.35. The number of sulfone groups is 1. The van der Waals surface area contributed by atoms with Crippen LogP contribution in [0.5, 0.6) is 5.75 Å². The lowest BCUT2D eigenvalue weighted by atomic mass is 10.0. The van der Waals surface area contributed by atoms with Crippen molar-refractivity contribution in [3.8, 4) is 5.75 Å². The molecule has 1 amide bonds. The second kappa shape index (κ2) is 6.65. The van der Waals surface area contributed by atoms with Gasteiger partial charge < -0.3 is 10.4 Å². The predicted molar refractivity (Wildman–Crippen MR) is 91.9 cm³/mol. The molecule has 2 N–H and O–H groups in total. The Morgan fingerprint density at radius 3 is 2.54 bits per heavy atom. The van der Waals surface area contributed by atoms with Crippen molar-refractivity contribution in [2.45, 2.75) is 18.9 Å². The predicted octanol–water partition coefficient (Wildman–Crippen LogP) is 1.90. The van der Waals surface area contributed by atoms with E-state index in [0.29, 0.717) is 12.8 Å². The number of phenolic OH excluding ortho intramolecular Hbond substituents is 1. The van der Waals surface area contributed by atoms with E-state index in [4.69, 9.17) is 0 Å². The van der Waals surface area contributed by atoms with E-state index >= 15 is 0 Å². The molecule has 5 nitrogen and oxygen atoms in total. The van der Waals surface area contributed by atoms with E-state index in [1.54, 1.807) is 12.1 Å². The van der Waals surface area contributed by atoms with Gasteiger partial charge in [-0.15, -0.1) is 0 Å². The van der Waals surface area contributed by atoms with Gasteiger partial charge in [-0.2, -0.15) is 0 Å². The van der Waals surface area contributed by atoms with Crippen molar-refractivity contribution < 1.29 is 18.3 Å². The number of rotatable bonds is 4. The van der Waals surface area contributed by atoms with Gasteiger partial charge in [0.15, 0.2) is 9.84 Å². The maximum Gasteiger partial charge on any atom is 0.255 e. The van der Waals surface area contributed by atoms with Gasteiger partial charge in [-0.1, -0.05) is 36.4 Å². The fourth-order valence-corrected chi connectivity index (χ4v) is 4.55. The summed E-state index contributed by atoms with van der Waals surface area (Å²) < 4.78 is 23.0. The van der Waals surface area contributed by atoms with Gasteiger partial charge in [-0.3, -0.25) is 4.79 Å². The van der Waals surface area contributed by atoms with E-state index in [1.165, 1.54) is 6.07 Å². The molecule has 1 fully saturated rings. The average Bonchev–Trinajstić information content (AvgIpc) is 2.89. The Hall–Kier alpha value is -2.34. The number of nitrogens with one attached hydrogen (secondary N) is 1. The molecule has 0 aliphatic carbocycles. The van der Waals surface area contributed by atoms with Crippen LogP contribution in [-0.4, -0.2) is 37.0 Å². The Bertz CT molecular complexity index is 847. The van der Waals surface area contributed by atoms with Gasteiger partial charge in [0, 0.05) is 6.04 Å². The smallest absolute Gasteiger partial charge is 0.255 e. The number of benzene rings is 2. The molecule has 1 heterocycles. The van der Waals surface area contributed by atoms with Crippen LogP contribution in [0, 0.1) is 0 Å². The number of aromatic hydroxyl groups is 1. The van der Waals surface area contributed by atoms with Crippen LogP contribution in [0.1, 0.15) is 27.9 Å². The van der Waals surface area contributed by atoms with Crippen LogP contribution in [0.4, 0.5) is 0 Å². The lowest BCUT2D eigenvalue weighted by molar-refractivity contribution is 0.0938. The molecule has 0 saturated carbocycles. The fraction of sp³-hybridized carbons (Fsp3) is 0.278. The zero-order chi connectivity index (χ0) is 17.2. The number of phenols is 1. The van der Waals surface area contributed by atoms with Crippen LogP contribution in [0.2, 0.25) is 0 Å². The molecule has 1 aliphatic rings. The molecule has 24 heavy (non-hydrogen) atoms. The van der Waals surface area contributed by atoms with Crippen LogP contribution in [0.3, 0.4) is 0 Å². The lowest BCUT2D eigenvalue weighted by Gasteiger charge is -2.13. The summed E-state index contributed by atoms with van der Waals surface area (Å²) in [5, 5.41) is 12.7. The standard InChI is InChI=1S/C18H19NO4S/c20-17-7-6-14(10-13-4-2-1-3-5-13)11-16(17)18(21)19-15-8-9-24(22,23)12-15/h1-7,11,15,20H,8-10,12H2,(H,19,21). The summed E-state index contributed by atoms with van der Waals surface area (Å²) in [6.07, 6.45) is 1.07. The van der Waals surface area contributed by atoms with Crippen molar-refractivity contribution in [2.24, 2.45) is 0 Å². The SMILES string of the molecule is O=C(NC1CCS(=O)(=O)C1)c1cc(Cc2ccccc2)ccc1O. The molecular weight excluding hydrogens is 326 g/mol.